The summed E-state index contributed by atoms with van der Waals surface area (Å²) in [6, 6.07) is 6.57. The Morgan fingerprint density at radius 1 is 1.26 bits per heavy atom. The molecule has 3 aromatic rings. The first kappa shape index (κ1) is 15.0. The maximum atomic E-state index is 12.3. The van der Waals surface area contributed by atoms with E-state index >= 15 is 0 Å². The van der Waals surface area contributed by atoms with Gasteiger partial charge in [0.05, 0.1) is 0 Å². The Morgan fingerprint density at radius 2 is 2.00 bits per heavy atom. The molecule has 2 heterocycles. The van der Waals surface area contributed by atoms with Crippen molar-refractivity contribution in [2.45, 2.75) is 19.8 Å². The van der Waals surface area contributed by atoms with Crippen molar-refractivity contribution in [2.75, 3.05) is 0 Å². The summed E-state index contributed by atoms with van der Waals surface area (Å²) in [7, 11) is 1.81. The summed E-state index contributed by atoms with van der Waals surface area (Å²) in [6.07, 6.45) is 1.90. The third kappa shape index (κ3) is 2.73. The highest BCUT2D eigenvalue weighted by Crippen LogP contribution is 2.27. The Kier molecular flexibility index (Phi) is 3.69. The topological polar surface area (TPSA) is 95.6 Å². The van der Waals surface area contributed by atoms with E-state index in [2.05, 4.69) is 20.2 Å². The summed E-state index contributed by atoms with van der Waals surface area (Å²) in [5.74, 6) is 0.358. The number of phenolic OH excluding ortho intramolecular Hbond substituents is 1. The molecular weight excluding hydrogens is 294 g/mol. The van der Waals surface area contributed by atoms with Crippen molar-refractivity contribution in [3.63, 3.8) is 0 Å². The normalized spacial score (nSPS) is 11.8. The van der Waals surface area contributed by atoms with Crippen LogP contribution in [0.2, 0.25) is 0 Å². The van der Waals surface area contributed by atoms with Gasteiger partial charge in [0.25, 0.3) is 5.56 Å². The number of azo groups is 1. The number of nitrogens with zero attached hydrogens (tertiary/aromatic N) is 4. The SMILES string of the molecule is CC(C)c1cn(C)c2c(=O)[nH]c(N=Nc3ccccc3O)nc12. The number of aromatic hydroxyl groups is 1. The van der Waals surface area contributed by atoms with Gasteiger partial charge in [0.15, 0.2) is 0 Å². The molecule has 7 nitrogen and oxygen atoms in total. The van der Waals surface area contributed by atoms with Crippen LogP contribution >= 0.6 is 0 Å². The van der Waals surface area contributed by atoms with Gasteiger partial charge in [-0.1, -0.05) is 26.0 Å². The number of H-pyrrole nitrogens is 1. The molecule has 0 amide bonds. The highest BCUT2D eigenvalue weighted by Gasteiger charge is 2.15. The van der Waals surface area contributed by atoms with Gasteiger partial charge in [0, 0.05) is 13.2 Å². The number of rotatable bonds is 3. The van der Waals surface area contributed by atoms with Crippen LogP contribution in [0.5, 0.6) is 5.75 Å². The molecule has 0 saturated heterocycles. The van der Waals surface area contributed by atoms with E-state index in [4.69, 9.17) is 0 Å². The van der Waals surface area contributed by atoms with Crippen molar-refractivity contribution >= 4 is 22.7 Å². The van der Waals surface area contributed by atoms with Crippen LogP contribution in [-0.4, -0.2) is 19.6 Å². The van der Waals surface area contributed by atoms with Crippen molar-refractivity contribution in [3.8, 4) is 5.75 Å². The highest BCUT2D eigenvalue weighted by molar-refractivity contribution is 5.80. The fourth-order valence-electron chi connectivity index (χ4n) is 2.44. The van der Waals surface area contributed by atoms with Gasteiger partial charge in [-0.25, -0.2) is 4.98 Å². The smallest absolute Gasteiger partial charge is 0.276 e. The number of para-hydroxylation sites is 1. The summed E-state index contributed by atoms with van der Waals surface area (Å²) in [5.41, 5.74) is 2.16. The third-order valence-corrected chi connectivity index (χ3v) is 3.60. The average molecular weight is 311 g/mol. The van der Waals surface area contributed by atoms with Crippen LogP contribution in [0.15, 0.2) is 45.5 Å². The number of hydrogen-bond donors (Lipinski definition) is 2. The van der Waals surface area contributed by atoms with Gasteiger partial charge in [-0.2, -0.15) is 0 Å². The van der Waals surface area contributed by atoms with Gasteiger partial charge in [0.2, 0.25) is 5.95 Å². The van der Waals surface area contributed by atoms with Gasteiger partial charge in [-0.3, -0.25) is 9.78 Å². The number of hydrogen-bond acceptors (Lipinski definition) is 5. The minimum Gasteiger partial charge on any atom is -0.506 e. The van der Waals surface area contributed by atoms with Crippen molar-refractivity contribution in [1.82, 2.24) is 14.5 Å². The van der Waals surface area contributed by atoms with Gasteiger partial charge >= 0.3 is 0 Å². The summed E-state index contributed by atoms with van der Waals surface area (Å²) < 4.78 is 1.76. The second-order valence-corrected chi connectivity index (χ2v) is 5.63. The number of aromatic nitrogens is 3. The number of benzene rings is 1. The predicted molar refractivity (Wildman–Crippen MR) is 87.7 cm³/mol. The van der Waals surface area contributed by atoms with E-state index < -0.39 is 0 Å². The zero-order chi connectivity index (χ0) is 16.6. The van der Waals surface area contributed by atoms with E-state index in [0.717, 1.165) is 5.56 Å². The van der Waals surface area contributed by atoms with E-state index in [1.165, 1.54) is 6.07 Å². The molecule has 1 aromatic carbocycles. The van der Waals surface area contributed by atoms with E-state index in [-0.39, 0.29) is 23.2 Å². The van der Waals surface area contributed by atoms with Crippen LogP contribution in [-0.2, 0) is 7.05 Å². The Balaban J connectivity index is 2.11. The Hall–Kier alpha value is -2.96. The molecule has 0 aliphatic carbocycles. The molecule has 23 heavy (non-hydrogen) atoms. The molecule has 0 aliphatic rings. The van der Waals surface area contributed by atoms with Gasteiger partial charge in [-0.05, 0) is 23.6 Å². The van der Waals surface area contributed by atoms with Gasteiger partial charge < -0.3 is 9.67 Å². The second-order valence-electron chi connectivity index (χ2n) is 5.63. The van der Waals surface area contributed by atoms with E-state index in [9.17, 15) is 9.90 Å². The molecule has 0 atom stereocenters. The van der Waals surface area contributed by atoms with Crippen molar-refractivity contribution in [3.05, 3.63) is 46.4 Å². The number of fused-ring (bicyclic) bond motifs is 1. The van der Waals surface area contributed by atoms with Crippen LogP contribution in [0.3, 0.4) is 0 Å². The molecule has 2 N–H and O–H groups in total. The fourth-order valence-corrected chi connectivity index (χ4v) is 2.44. The largest absolute Gasteiger partial charge is 0.506 e. The zero-order valence-electron chi connectivity index (χ0n) is 13.1. The molecule has 0 aliphatic heterocycles. The first-order valence-corrected chi connectivity index (χ1v) is 7.26. The highest BCUT2D eigenvalue weighted by atomic mass is 16.3. The van der Waals surface area contributed by atoms with Crippen LogP contribution in [0, 0.1) is 0 Å². The molecule has 2 aromatic heterocycles. The minimum absolute atomic E-state index is 0.0160. The quantitative estimate of drug-likeness (QED) is 0.724. The minimum atomic E-state index is -0.268. The standard InChI is InChI=1S/C16H17N5O2/c1-9(2)10-8-21(3)14-13(10)17-16(18-15(14)23)20-19-11-6-4-5-7-12(11)22/h4-9,22H,1-3H3,(H,17,18,23). The first-order chi connectivity index (χ1) is 11.0. The van der Waals surface area contributed by atoms with Gasteiger partial charge in [0.1, 0.15) is 22.5 Å². The molecule has 7 heteroatoms. The third-order valence-electron chi connectivity index (χ3n) is 3.60. The Labute approximate surface area is 132 Å². The van der Waals surface area contributed by atoms with Crippen LogP contribution < -0.4 is 5.56 Å². The van der Waals surface area contributed by atoms with E-state index in [0.29, 0.717) is 16.7 Å². The molecule has 3 rings (SSSR count). The molecule has 0 fully saturated rings. The average Bonchev–Trinajstić information content (AvgIpc) is 2.84. The van der Waals surface area contributed by atoms with Crippen molar-refractivity contribution in [1.29, 1.82) is 0 Å². The molecule has 118 valence electrons. The first-order valence-electron chi connectivity index (χ1n) is 7.26. The monoisotopic (exact) mass is 311 g/mol. The molecule has 0 saturated carbocycles. The summed E-state index contributed by atoms with van der Waals surface area (Å²) >= 11 is 0. The predicted octanol–water partition coefficient (Wildman–Crippen LogP) is 3.51. The van der Waals surface area contributed by atoms with Crippen molar-refractivity contribution < 1.29 is 5.11 Å². The zero-order valence-corrected chi connectivity index (χ0v) is 13.1. The van der Waals surface area contributed by atoms with Crippen LogP contribution in [0.1, 0.15) is 25.3 Å². The Bertz CT molecular complexity index is 953. The number of aromatic amines is 1. The number of nitrogens with one attached hydrogen (secondary N) is 1. The second kappa shape index (κ2) is 5.68. The number of aryl methyl sites for hydroxylation is 1. The summed E-state index contributed by atoms with van der Waals surface area (Å²) in [4.78, 5) is 19.3. The molecular formula is C16H17N5O2. The maximum Gasteiger partial charge on any atom is 0.276 e. The van der Waals surface area contributed by atoms with Crippen LogP contribution in [0.25, 0.3) is 11.0 Å². The number of phenols is 1. The molecule has 0 bridgehead atoms. The molecule has 0 spiro atoms. The lowest BCUT2D eigenvalue weighted by Crippen LogP contribution is -2.10. The fraction of sp³-hybridized carbons (Fsp3) is 0.250. The summed E-state index contributed by atoms with van der Waals surface area (Å²) in [6.45, 7) is 4.09. The lowest BCUT2D eigenvalue weighted by Gasteiger charge is -2.01. The van der Waals surface area contributed by atoms with Crippen LogP contribution in [0.4, 0.5) is 11.6 Å². The maximum absolute atomic E-state index is 12.3. The summed E-state index contributed by atoms with van der Waals surface area (Å²) in [5, 5.41) is 17.6. The van der Waals surface area contributed by atoms with Gasteiger partial charge in [-0.15, -0.1) is 10.2 Å². The lowest BCUT2D eigenvalue weighted by molar-refractivity contribution is 0.476. The lowest BCUT2D eigenvalue weighted by atomic mass is 10.1. The molecule has 0 unspecified atom stereocenters. The van der Waals surface area contributed by atoms with E-state index in [1.807, 2.05) is 27.1 Å². The van der Waals surface area contributed by atoms with E-state index in [1.54, 1.807) is 22.8 Å². The van der Waals surface area contributed by atoms with Crippen molar-refractivity contribution in [2.24, 2.45) is 17.3 Å². The molecule has 0 radical (unpaired) electrons. The Morgan fingerprint density at radius 3 is 2.70 bits per heavy atom.